The average molecular weight is 1080 g/mol. The molecule has 0 bridgehead atoms. The molecule has 3 aliphatic rings. The average Bonchev–Trinajstić information content (AvgIpc) is 4.22. The summed E-state index contributed by atoms with van der Waals surface area (Å²) in [5.41, 5.74) is 26.5. The maximum Gasteiger partial charge on any atom is 0.270 e. The molecular formula is C64H49BrN6O6. The highest BCUT2D eigenvalue weighted by atomic mass is 79.9. The summed E-state index contributed by atoms with van der Waals surface area (Å²) in [6.07, 6.45) is 6.22. The lowest BCUT2D eigenvalue weighted by Crippen LogP contribution is -2.21. The highest BCUT2D eigenvalue weighted by Crippen LogP contribution is 2.49. The molecule has 0 saturated carbocycles. The van der Waals surface area contributed by atoms with Crippen LogP contribution < -0.4 is 11.1 Å². The number of benzene rings is 9. The largest absolute Gasteiger partial charge is 0.398 e. The van der Waals surface area contributed by atoms with Crippen LogP contribution in [0.4, 0.5) is 28.4 Å². The summed E-state index contributed by atoms with van der Waals surface area (Å²) in [7, 11) is 4.10. The van der Waals surface area contributed by atoms with Gasteiger partial charge in [-0.15, -0.1) is 0 Å². The van der Waals surface area contributed by atoms with Crippen LogP contribution in [0.5, 0.6) is 0 Å². The zero-order valence-corrected chi connectivity index (χ0v) is 43.5. The maximum absolute atomic E-state index is 11.3. The lowest BCUT2D eigenvalue weighted by molar-refractivity contribution is -0.385. The van der Waals surface area contributed by atoms with E-state index in [9.17, 15) is 30.3 Å². The van der Waals surface area contributed by atoms with Gasteiger partial charge in [-0.3, -0.25) is 30.3 Å². The number of fused-ring (bicyclic) bond motifs is 9. The molecule has 0 aliphatic heterocycles. The SMILES string of the molecule is CN(C)CCNc1ccccc1C=C1c2ccccc2-c2ccc([N+](=O)[O-])cc21.Nc1ccccc1C=C1c2ccccc2-c2ccc([N+](=O)[O-])cc21.O=[N+]([O-])c1ccc2c(c1)/C(=C/c1ccccc1Br)c1ccccc1-2. The Morgan fingerprint density at radius 1 is 0.429 bits per heavy atom. The van der Waals surface area contributed by atoms with E-state index in [0.717, 1.165) is 123 Å². The molecule has 77 heavy (non-hydrogen) atoms. The third-order valence-corrected chi connectivity index (χ3v) is 14.4. The maximum atomic E-state index is 11.3. The Bertz CT molecular complexity index is 3760. The number of nitrogen functional groups attached to an aromatic ring is 1. The lowest BCUT2D eigenvalue weighted by atomic mass is 10.00. The van der Waals surface area contributed by atoms with Crippen molar-refractivity contribution in [1.82, 2.24) is 4.90 Å². The summed E-state index contributed by atoms with van der Waals surface area (Å²) in [6.45, 7) is 1.77. The second-order valence-corrected chi connectivity index (χ2v) is 19.6. The van der Waals surface area contributed by atoms with Crippen molar-refractivity contribution < 1.29 is 14.8 Å². The fraction of sp³-hybridized carbons (Fsp3) is 0.0625. The Labute approximate surface area is 453 Å². The summed E-state index contributed by atoms with van der Waals surface area (Å²) in [6, 6.07) is 63.2. The van der Waals surface area contributed by atoms with Crippen LogP contribution in [0.15, 0.2) is 205 Å². The summed E-state index contributed by atoms with van der Waals surface area (Å²) in [5, 5.41) is 37.2. The molecule has 12 rings (SSSR count). The van der Waals surface area contributed by atoms with Crippen molar-refractivity contribution in [2.75, 3.05) is 38.2 Å². The van der Waals surface area contributed by atoms with Gasteiger partial charge in [0.2, 0.25) is 0 Å². The predicted octanol–water partition coefficient (Wildman–Crippen LogP) is 15.8. The fourth-order valence-electron chi connectivity index (χ4n) is 9.97. The van der Waals surface area contributed by atoms with Gasteiger partial charge in [0, 0.05) is 65.3 Å². The van der Waals surface area contributed by atoms with Crippen molar-refractivity contribution >= 4 is 79.3 Å². The number of halogens is 1. The summed E-state index contributed by atoms with van der Waals surface area (Å²) >= 11 is 3.57. The normalized spacial score (nSPS) is 13.5. The van der Waals surface area contributed by atoms with Gasteiger partial charge in [0.05, 0.1) is 14.8 Å². The van der Waals surface area contributed by atoms with Gasteiger partial charge in [0.15, 0.2) is 0 Å². The van der Waals surface area contributed by atoms with Crippen molar-refractivity contribution in [1.29, 1.82) is 0 Å². The predicted molar refractivity (Wildman–Crippen MR) is 315 cm³/mol. The molecule has 9 aromatic carbocycles. The number of hydrogen-bond donors (Lipinski definition) is 2. The van der Waals surface area contributed by atoms with Crippen molar-refractivity contribution in [2.24, 2.45) is 0 Å². The lowest BCUT2D eigenvalue weighted by Gasteiger charge is -2.14. The molecule has 12 nitrogen and oxygen atoms in total. The summed E-state index contributed by atoms with van der Waals surface area (Å²) < 4.78 is 0.994. The molecule has 3 N–H and O–H groups in total. The number of nitro groups is 3. The fourth-order valence-corrected chi connectivity index (χ4v) is 10.4. The number of nitrogens with one attached hydrogen (secondary N) is 1. The summed E-state index contributed by atoms with van der Waals surface area (Å²) in [4.78, 5) is 34.8. The minimum Gasteiger partial charge on any atom is -0.398 e. The molecule has 0 heterocycles. The van der Waals surface area contributed by atoms with Gasteiger partial charge < -0.3 is 16.0 Å². The van der Waals surface area contributed by atoms with Crippen LogP contribution in [-0.4, -0.2) is 46.9 Å². The van der Waals surface area contributed by atoms with E-state index in [1.165, 1.54) is 0 Å². The Balaban J connectivity index is 0.000000132. The van der Waals surface area contributed by atoms with E-state index in [2.05, 4.69) is 88.8 Å². The highest BCUT2D eigenvalue weighted by Gasteiger charge is 2.28. The van der Waals surface area contributed by atoms with Gasteiger partial charge in [-0.1, -0.05) is 143 Å². The monoisotopic (exact) mass is 1080 g/mol. The molecule has 0 spiro atoms. The van der Waals surface area contributed by atoms with Crippen LogP contribution in [0.2, 0.25) is 0 Å². The van der Waals surface area contributed by atoms with Gasteiger partial charge >= 0.3 is 0 Å². The van der Waals surface area contributed by atoms with E-state index in [4.69, 9.17) is 5.73 Å². The Morgan fingerprint density at radius 2 is 0.766 bits per heavy atom. The molecule has 0 unspecified atom stereocenters. The zero-order chi connectivity index (χ0) is 53.7. The third kappa shape index (κ3) is 10.6. The van der Waals surface area contributed by atoms with Gasteiger partial charge in [-0.05, 0) is 169 Å². The van der Waals surface area contributed by atoms with Gasteiger partial charge in [0.25, 0.3) is 17.1 Å². The molecule has 0 amide bonds. The van der Waals surface area contributed by atoms with Crippen LogP contribution in [0.3, 0.4) is 0 Å². The molecule has 9 aromatic rings. The number of nitro benzene ring substituents is 3. The zero-order valence-electron chi connectivity index (χ0n) is 41.9. The number of hydrogen-bond acceptors (Lipinski definition) is 9. The van der Waals surface area contributed by atoms with E-state index >= 15 is 0 Å². The van der Waals surface area contributed by atoms with Gasteiger partial charge in [-0.2, -0.15) is 0 Å². The molecule has 0 radical (unpaired) electrons. The third-order valence-electron chi connectivity index (χ3n) is 13.7. The standard InChI is InChI=1S/C24H23N3O2.C20H12BrNO2.C20H14N2O2/c1-26(2)14-13-25-24-10-6-3-7-17(24)15-22-20-9-5-4-8-19(20)21-12-11-18(27(28)29)16-23(21)22;2*21-20-8-4-1-5-13(20)11-18-16-7-3-2-6-15(16)17-10-9-14(22(23)24)12-19(17)18/h3-12,15-16,25H,13-14H2,1-2H3;1-12H;1-12H,21H2/b;18-11+;. The van der Waals surface area contributed by atoms with E-state index < -0.39 is 0 Å². The summed E-state index contributed by atoms with van der Waals surface area (Å²) in [5.74, 6) is 0. The van der Waals surface area contributed by atoms with Crippen LogP contribution >= 0.6 is 15.9 Å². The van der Waals surface area contributed by atoms with Crippen LogP contribution in [0.1, 0.15) is 50.1 Å². The highest BCUT2D eigenvalue weighted by molar-refractivity contribution is 9.10. The number of anilines is 2. The first-order chi connectivity index (χ1) is 37.3. The smallest absolute Gasteiger partial charge is 0.270 e. The molecule has 378 valence electrons. The second-order valence-electron chi connectivity index (χ2n) is 18.7. The van der Waals surface area contributed by atoms with E-state index in [0.29, 0.717) is 5.69 Å². The molecule has 0 saturated heterocycles. The number of nitrogens with two attached hydrogens (primary N) is 1. The second kappa shape index (κ2) is 22.1. The van der Waals surface area contributed by atoms with E-state index in [1.54, 1.807) is 36.4 Å². The minimum atomic E-state index is -0.363. The van der Waals surface area contributed by atoms with Gasteiger partial charge in [0.1, 0.15) is 0 Å². The van der Waals surface area contributed by atoms with Crippen molar-refractivity contribution in [3.05, 3.63) is 285 Å². The van der Waals surface area contributed by atoms with E-state index in [1.807, 2.05) is 133 Å². The van der Waals surface area contributed by atoms with Gasteiger partial charge in [-0.25, -0.2) is 0 Å². The van der Waals surface area contributed by atoms with E-state index in [-0.39, 0.29) is 31.8 Å². The molecular weight excluding hydrogens is 1030 g/mol. The Hall–Kier alpha value is -9.56. The Kier molecular flexibility index (Phi) is 14.6. The first-order valence-corrected chi connectivity index (χ1v) is 25.5. The number of rotatable bonds is 10. The number of likely N-dealkylation sites (N-methyl/N-ethyl adjacent to an activating group) is 1. The first-order valence-electron chi connectivity index (χ1n) is 24.7. The first kappa shape index (κ1) is 50.9. The molecule has 0 fully saturated rings. The molecule has 0 aromatic heterocycles. The van der Waals surface area contributed by atoms with Crippen molar-refractivity contribution in [3.63, 3.8) is 0 Å². The van der Waals surface area contributed by atoms with Crippen LogP contribution in [-0.2, 0) is 0 Å². The molecule has 3 aliphatic carbocycles. The van der Waals surface area contributed by atoms with Crippen LogP contribution in [0, 0.1) is 30.3 Å². The number of non-ortho nitro benzene ring substituents is 3. The van der Waals surface area contributed by atoms with Crippen molar-refractivity contribution in [3.8, 4) is 33.4 Å². The van der Waals surface area contributed by atoms with Crippen molar-refractivity contribution in [2.45, 2.75) is 0 Å². The Morgan fingerprint density at radius 3 is 1.18 bits per heavy atom. The molecule has 13 heteroatoms. The topological polar surface area (TPSA) is 171 Å². The quantitative estimate of drug-likeness (QED) is 0.0768. The number of para-hydroxylation sites is 2. The van der Waals surface area contributed by atoms with Crippen LogP contribution in [0.25, 0.3) is 68.3 Å². The molecule has 0 atom stereocenters. The number of nitrogens with zero attached hydrogens (tertiary/aromatic N) is 4. The minimum absolute atomic E-state index is 0.0912.